The molecule has 92 valence electrons. The number of nitrogens with zero attached hydrogens (tertiary/aromatic N) is 2. The largest absolute Gasteiger partial charge is 0.306 e. The van der Waals surface area contributed by atoms with Crippen LogP contribution in [0.25, 0.3) is 11.8 Å². The van der Waals surface area contributed by atoms with Gasteiger partial charge in [0.05, 0.1) is 12.0 Å². The Hall–Kier alpha value is -2.61. The van der Waals surface area contributed by atoms with Crippen molar-refractivity contribution in [1.29, 1.82) is 0 Å². The maximum Gasteiger partial charge on any atom is 0.0991 e. The lowest BCUT2D eigenvalue weighted by molar-refractivity contribution is 1.09. The number of imidazole rings is 1. The van der Waals surface area contributed by atoms with Crippen molar-refractivity contribution in [1.82, 2.24) is 9.55 Å². The summed E-state index contributed by atoms with van der Waals surface area (Å²) in [5, 5.41) is 0. The highest BCUT2D eigenvalue weighted by molar-refractivity contribution is 5.81. The molecule has 2 aromatic carbocycles. The SMILES string of the molecule is C(=C(/c1ccccc1)n1ccnc1)/c1ccccc1. The smallest absolute Gasteiger partial charge is 0.0991 e. The van der Waals surface area contributed by atoms with Gasteiger partial charge in [-0.3, -0.25) is 0 Å². The molecular weight excluding hydrogens is 232 g/mol. The number of rotatable bonds is 3. The molecule has 0 aliphatic heterocycles. The molecule has 0 aliphatic rings. The van der Waals surface area contributed by atoms with Crippen LogP contribution >= 0.6 is 0 Å². The summed E-state index contributed by atoms with van der Waals surface area (Å²) in [5.74, 6) is 0. The Labute approximate surface area is 112 Å². The van der Waals surface area contributed by atoms with Crippen LogP contribution in [0.1, 0.15) is 11.1 Å². The summed E-state index contributed by atoms with van der Waals surface area (Å²) in [7, 11) is 0. The van der Waals surface area contributed by atoms with Gasteiger partial charge in [-0.15, -0.1) is 0 Å². The van der Waals surface area contributed by atoms with Crippen molar-refractivity contribution >= 4 is 11.8 Å². The zero-order valence-corrected chi connectivity index (χ0v) is 10.5. The molecule has 0 spiro atoms. The molecular formula is C17H14N2. The molecule has 2 heteroatoms. The zero-order chi connectivity index (χ0) is 12.9. The highest BCUT2D eigenvalue weighted by atomic mass is 15.0. The third kappa shape index (κ3) is 2.63. The van der Waals surface area contributed by atoms with Gasteiger partial charge in [-0.2, -0.15) is 0 Å². The van der Waals surface area contributed by atoms with Crippen molar-refractivity contribution in [2.24, 2.45) is 0 Å². The molecule has 1 aromatic heterocycles. The molecule has 0 N–H and O–H groups in total. The second-order valence-electron chi connectivity index (χ2n) is 4.28. The lowest BCUT2D eigenvalue weighted by Crippen LogP contribution is -1.95. The van der Waals surface area contributed by atoms with Gasteiger partial charge in [0.25, 0.3) is 0 Å². The van der Waals surface area contributed by atoms with E-state index in [0.717, 1.165) is 5.70 Å². The van der Waals surface area contributed by atoms with E-state index in [2.05, 4.69) is 35.3 Å². The maximum atomic E-state index is 4.13. The molecule has 0 amide bonds. The van der Waals surface area contributed by atoms with Gasteiger partial charge in [-0.25, -0.2) is 4.98 Å². The molecule has 0 bridgehead atoms. The molecule has 0 atom stereocenters. The van der Waals surface area contributed by atoms with Crippen molar-refractivity contribution < 1.29 is 0 Å². The number of hydrogen-bond donors (Lipinski definition) is 0. The lowest BCUT2D eigenvalue weighted by atomic mass is 10.1. The first kappa shape index (κ1) is 11.5. The van der Waals surface area contributed by atoms with Gasteiger partial charge in [-0.05, 0) is 17.2 Å². The van der Waals surface area contributed by atoms with Gasteiger partial charge in [0, 0.05) is 12.4 Å². The van der Waals surface area contributed by atoms with E-state index < -0.39 is 0 Å². The van der Waals surface area contributed by atoms with Crippen molar-refractivity contribution in [2.75, 3.05) is 0 Å². The van der Waals surface area contributed by atoms with E-state index in [1.807, 2.05) is 53.5 Å². The van der Waals surface area contributed by atoms with E-state index in [4.69, 9.17) is 0 Å². The summed E-state index contributed by atoms with van der Waals surface area (Å²) in [6.45, 7) is 0. The highest BCUT2D eigenvalue weighted by Gasteiger charge is 2.03. The van der Waals surface area contributed by atoms with Crippen LogP contribution in [-0.2, 0) is 0 Å². The maximum absolute atomic E-state index is 4.13. The van der Waals surface area contributed by atoms with Crippen molar-refractivity contribution in [3.63, 3.8) is 0 Å². The fraction of sp³-hybridized carbons (Fsp3) is 0. The number of aromatic nitrogens is 2. The molecule has 0 aliphatic carbocycles. The fourth-order valence-corrected chi connectivity index (χ4v) is 2.02. The Balaban J connectivity index is 2.10. The number of hydrogen-bond acceptors (Lipinski definition) is 1. The van der Waals surface area contributed by atoms with E-state index in [1.54, 1.807) is 6.20 Å². The van der Waals surface area contributed by atoms with Crippen LogP contribution in [0.3, 0.4) is 0 Å². The Morgan fingerprint density at radius 1 is 0.895 bits per heavy atom. The Morgan fingerprint density at radius 3 is 2.21 bits per heavy atom. The third-order valence-corrected chi connectivity index (χ3v) is 2.96. The molecule has 1 heterocycles. The van der Waals surface area contributed by atoms with Crippen molar-refractivity contribution in [3.05, 3.63) is 90.5 Å². The summed E-state index contributed by atoms with van der Waals surface area (Å²) < 4.78 is 2.03. The van der Waals surface area contributed by atoms with Crippen molar-refractivity contribution in [2.45, 2.75) is 0 Å². The minimum Gasteiger partial charge on any atom is -0.306 e. The quantitative estimate of drug-likeness (QED) is 0.640. The topological polar surface area (TPSA) is 17.8 Å². The summed E-state index contributed by atoms with van der Waals surface area (Å²) in [6.07, 6.45) is 7.74. The van der Waals surface area contributed by atoms with E-state index in [9.17, 15) is 0 Å². The molecule has 0 saturated heterocycles. The fourth-order valence-electron chi connectivity index (χ4n) is 2.02. The van der Waals surface area contributed by atoms with Gasteiger partial charge in [0.2, 0.25) is 0 Å². The first-order valence-corrected chi connectivity index (χ1v) is 6.24. The summed E-state index contributed by atoms with van der Waals surface area (Å²) in [4.78, 5) is 4.13. The van der Waals surface area contributed by atoms with Gasteiger partial charge >= 0.3 is 0 Å². The molecule has 0 fully saturated rings. The van der Waals surface area contributed by atoms with E-state index in [-0.39, 0.29) is 0 Å². The molecule has 0 unspecified atom stereocenters. The van der Waals surface area contributed by atoms with Crippen LogP contribution in [0.4, 0.5) is 0 Å². The molecule has 19 heavy (non-hydrogen) atoms. The van der Waals surface area contributed by atoms with E-state index in [1.165, 1.54) is 11.1 Å². The van der Waals surface area contributed by atoms with Crippen LogP contribution in [0.15, 0.2) is 79.4 Å². The second-order valence-corrected chi connectivity index (χ2v) is 4.28. The standard InChI is InChI=1S/C17H14N2/c1-3-7-15(8-4-1)13-17(19-12-11-18-14-19)16-9-5-2-6-10-16/h1-14H/b17-13+. The lowest BCUT2D eigenvalue weighted by Gasteiger charge is -2.09. The minimum atomic E-state index is 1.12. The van der Waals surface area contributed by atoms with Crippen LogP contribution in [0, 0.1) is 0 Å². The average molecular weight is 246 g/mol. The monoisotopic (exact) mass is 246 g/mol. The molecule has 2 nitrogen and oxygen atoms in total. The Kier molecular flexibility index (Phi) is 3.24. The Morgan fingerprint density at radius 2 is 1.58 bits per heavy atom. The predicted octanol–water partition coefficient (Wildman–Crippen LogP) is 3.93. The molecule has 0 radical (unpaired) electrons. The van der Waals surface area contributed by atoms with Gasteiger partial charge < -0.3 is 4.57 Å². The van der Waals surface area contributed by atoms with E-state index >= 15 is 0 Å². The average Bonchev–Trinajstić information content (AvgIpc) is 3.01. The zero-order valence-electron chi connectivity index (χ0n) is 10.5. The van der Waals surface area contributed by atoms with Gasteiger partial charge in [0.1, 0.15) is 0 Å². The van der Waals surface area contributed by atoms with Crippen molar-refractivity contribution in [3.8, 4) is 0 Å². The first-order valence-electron chi connectivity index (χ1n) is 6.24. The first-order chi connectivity index (χ1) is 9.43. The molecule has 3 rings (SSSR count). The van der Waals surface area contributed by atoms with Gasteiger partial charge in [-0.1, -0.05) is 60.7 Å². The van der Waals surface area contributed by atoms with Gasteiger partial charge in [0.15, 0.2) is 0 Å². The highest BCUT2D eigenvalue weighted by Crippen LogP contribution is 2.19. The van der Waals surface area contributed by atoms with Crippen LogP contribution in [0.5, 0.6) is 0 Å². The summed E-state index contributed by atoms with van der Waals surface area (Å²) >= 11 is 0. The molecule has 3 aromatic rings. The minimum absolute atomic E-state index is 1.12. The number of benzene rings is 2. The second kappa shape index (κ2) is 5.36. The van der Waals surface area contributed by atoms with Crippen LogP contribution < -0.4 is 0 Å². The van der Waals surface area contributed by atoms with E-state index in [0.29, 0.717) is 0 Å². The molecule has 0 saturated carbocycles. The Bertz CT molecular complexity index is 653. The predicted molar refractivity (Wildman–Crippen MR) is 78.4 cm³/mol. The third-order valence-electron chi connectivity index (χ3n) is 2.96. The summed E-state index contributed by atoms with van der Waals surface area (Å²) in [6, 6.07) is 20.6. The summed E-state index contributed by atoms with van der Waals surface area (Å²) in [5.41, 5.74) is 3.46. The normalized spacial score (nSPS) is 11.5. The van der Waals surface area contributed by atoms with Crippen LogP contribution in [-0.4, -0.2) is 9.55 Å². The van der Waals surface area contributed by atoms with Crippen LogP contribution in [0.2, 0.25) is 0 Å².